The van der Waals surface area contributed by atoms with Crippen molar-refractivity contribution in [3.63, 3.8) is 0 Å². The zero-order chi connectivity index (χ0) is 37.8. The molecule has 8 aromatic carbocycles. The van der Waals surface area contributed by atoms with Crippen molar-refractivity contribution in [3.05, 3.63) is 219 Å². The molecule has 0 aliphatic carbocycles. The zero-order valence-electron chi connectivity index (χ0n) is 31.1. The summed E-state index contributed by atoms with van der Waals surface area (Å²) in [7, 11) is -2.72. The fourth-order valence-corrected chi connectivity index (χ4v) is 13.9. The molecular weight excluding hydrogens is 709 g/mol. The lowest BCUT2D eigenvalue weighted by molar-refractivity contribution is 0.992. The van der Waals surface area contributed by atoms with E-state index in [9.17, 15) is 0 Å². The Labute approximate surface area is 331 Å². The Morgan fingerprint density at radius 2 is 0.825 bits per heavy atom. The van der Waals surface area contributed by atoms with Gasteiger partial charge in [0.2, 0.25) is 5.95 Å². The predicted octanol–water partition coefficient (Wildman–Crippen LogP) is 9.72. The van der Waals surface area contributed by atoms with Crippen molar-refractivity contribution >= 4 is 72.4 Å². The SMILES string of the molecule is c1ccc([Si](c2ccccc2)(c2ccccc2)c2cccc(-c3ccnc(-n4c5ccccc5c5cc(-n6c7ccccc7c7ccccc76)ccc54)n3)c2)cc1. The smallest absolute Gasteiger partial charge is 0.235 e. The van der Waals surface area contributed by atoms with Crippen molar-refractivity contribution in [2.45, 2.75) is 0 Å². The number of nitrogens with zero attached hydrogens (tertiary/aromatic N) is 4. The third-order valence-corrected chi connectivity index (χ3v) is 16.3. The van der Waals surface area contributed by atoms with Gasteiger partial charge in [0.1, 0.15) is 0 Å². The van der Waals surface area contributed by atoms with Crippen LogP contribution in [0.15, 0.2) is 219 Å². The molecule has 0 unspecified atom stereocenters. The summed E-state index contributed by atoms with van der Waals surface area (Å²) < 4.78 is 4.59. The van der Waals surface area contributed by atoms with Crippen LogP contribution in [-0.2, 0) is 0 Å². The highest BCUT2D eigenvalue weighted by Crippen LogP contribution is 2.36. The predicted molar refractivity (Wildman–Crippen MR) is 240 cm³/mol. The Balaban J connectivity index is 1.08. The van der Waals surface area contributed by atoms with Crippen molar-refractivity contribution in [1.29, 1.82) is 0 Å². The summed E-state index contributed by atoms with van der Waals surface area (Å²) in [6, 6.07) is 76.9. The van der Waals surface area contributed by atoms with Gasteiger partial charge in [-0.25, -0.2) is 9.97 Å². The number of rotatable bonds is 7. The van der Waals surface area contributed by atoms with Gasteiger partial charge in [0.15, 0.2) is 8.07 Å². The van der Waals surface area contributed by atoms with Crippen LogP contribution < -0.4 is 20.7 Å². The van der Waals surface area contributed by atoms with Crippen LogP contribution in [0.25, 0.3) is 66.5 Å². The molecule has 0 N–H and O–H groups in total. The van der Waals surface area contributed by atoms with E-state index < -0.39 is 8.07 Å². The van der Waals surface area contributed by atoms with E-state index in [0.29, 0.717) is 5.95 Å². The van der Waals surface area contributed by atoms with Gasteiger partial charge in [-0.2, -0.15) is 0 Å². The van der Waals surface area contributed by atoms with Crippen molar-refractivity contribution in [2.75, 3.05) is 0 Å². The lowest BCUT2D eigenvalue weighted by Crippen LogP contribution is -2.74. The quantitative estimate of drug-likeness (QED) is 0.120. The number of aromatic nitrogens is 4. The molecule has 11 rings (SSSR count). The van der Waals surface area contributed by atoms with Gasteiger partial charge in [0, 0.05) is 39.0 Å². The number of hydrogen-bond acceptors (Lipinski definition) is 2. The average Bonchev–Trinajstić information content (AvgIpc) is 3.81. The summed E-state index contributed by atoms with van der Waals surface area (Å²) in [5, 5.41) is 10.1. The first kappa shape index (κ1) is 33.0. The summed E-state index contributed by atoms with van der Waals surface area (Å²) in [6.07, 6.45) is 1.90. The number of hydrogen-bond donors (Lipinski definition) is 0. The second-order valence-corrected chi connectivity index (χ2v) is 18.4. The topological polar surface area (TPSA) is 35.6 Å². The van der Waals surface area contributed by atoms with Crippen molar-refractivity contribution in [2.24, 2.45) is 0 Å². The minimum atomic E-state index is -2.72. The third kappa shape index (κ3) is 5.20. The van der Waals surface area contributed by atoms with E-state index in [-0.39, 0.29) is 0 Å². The number of para-hydroxylation sites is 3. The summed E-state index contributed by atoms with van der Waals surface area (Å²) in [6.45, 7) is 0. The molecule has 0 aliphatic heterocycles. The first-order valence-electron chi connectivity index (χ1n) is 19.4. The maximum atomic E-state index is 5.34. The Kier molecular flexibility index (Phi) is 7.79. The molecule has 4 nitrogen and oxygen atoms in total. The standard InChI is InChI=1S/C52H36N4Si/c1-4-18-39(19-5-1)57(40-20-6-2-7-21-40,41-22-8-3-9-23-41)42-24-16-17-37(35-42)47-33-34-53-52(54-47)56-50-30-15-12-27-45(50)46-36-38(31-32-51(46)56)55-48-28-13-10-25-43(48)44-26-11-14-29-49(44)55/h1-36H. The summed E-state index contributed by atoms with van der Waals surface area (Å²) in [5.74, 6) is 0.645. The van der Waals surface area contributed by atoms with Gasteiger partial charge in [-0.1, -0.05) is 170 Å². The molecule has 5 heteroatoms. The van der Waals surface area contributed by atoms with E-state index in [0.717, 1.165) is 38.8 Å². The van der Waals surface area contributed by atoms with E-state index >= 15 is 0 Å². The molecule has 3 heterocycles. The van der Waals surface area contributed by atoms with E-state index in [4.69, 9.17) is 9.97 Å². The fraction of sp³-hybridized carbons (Fsp3) is 0. The minimum absolute atomic E-state index is 0.645. The van der Waals surface area contributed by atoms with Crippen LogP contribution in [0.4, 0.5) is 0 Å². The van der Waals surface area contributed by atoms with Crippen LogP contribution in [0.5, 0.6) is 0 Å². The Hall–Kier alpha value is -7.34. The first-order valence-corrected chi connectivity index (χ1v) is 21.4. The molecule has 0 saturated heterocycles. The molecule has 57 heavy (non-hydrogen) atoms. The zero-order valence-corrected chi connectivity index (χ0v) is 32.1. The molecule has 0 amide bonds. The van der Waals surface area contributed by atoms with Gasteiger partial charge in [-0.15, -0.1) is 0 Å². The van der Waals surface area contributed by atoms with Crippen molar-refractivity contribution < 1.29 is 0 Å². The molecule has 0 bridgehead atoms. The third-order valence-electron chi connectivity index (χ3n) is 11.5. The molecule has 268 valence electrons. The molecule has 11 aromatic rings. The van der Waals surface area contributed by atoms with Gasteiger partial charge in [-0.05, 0) is 63.2 Å². The maximum Gasteiger partial charge on any atom is 0.235 e. The fourth-order valence-electron chi connectivity index (χ4n) is 9.11. The van der Waals surface area contributed by atoms with Gasteiger partial charge in [0.25, 0.3) is 0 Å². The largest absolute Gasteiger partial charge is 0.309 e. The Bertz CT molecular complexity index is 3090. The normalized spacial score (nSPS) is 11.9. The second kappa shape index (κ2) is 13.4. The monoisotopic (exact) mass is 744 g/mol. The number of fused-ring (bicyclic) bond motifs is 6. The van der Waals surface area contributed by atoms with Crippen LogP contribution in [0.1, 0.15) is 0 Å². The van der Waals surface area contributed by atoms with Crippen molar-refractivity contribution in [1.82, 2.24) is 19.1 Å². The van der Waals surface area contributed by atoms with E-state index in [1.54, 1.807) is 0 Å². The Morgan fingerprint density at radius 3 is 1.40 bits per heavy atom. The average molecular weight is 745 g/mol. The highest BCUT2D eigenvalue weighted by molar-refractivity contribution is 7.19. The lowest BCUT2D eigenvalue weighted by atomic mass is 10.1. The van der Waals surface area contributed by atoms with E-state index in [1.165, 1.54) is 42.6 Å². The van der Waals surface area contributed by atoms with Crippen LogP contribution >= 0.6 is 0 Å². The van der Waals surface area contributed by atoms with Gasteiger partial charge < -0.3 is 4.57 Å². The second-order valence-electron chi connectivity index (χ2n) is 14.6. The van der Waals surface area contributed by atoms with Gasteiger partial charge >= 0.3 is 0 Å². The summed E-state index contributed by atoms with van der Waals surface area (Å²) in [4.78, 5) is 10.3. The van der Waals surface area contributed by atoms with Crippen LogP contribution in [0, 0.1) is 0 Å². The van der Waals surface area contributed by atoms with Crippen LogP contribution in [0.2, 0.25) is 0 Å². The summed E-state index contributed by atoms with van der Waals surface area (Å²) >= 11 is 0. The van der Waals surface area contributed by atoms with E-state index in [1.807, 2.05) is 12.3 Å². The molecule has 0 radical (unpaired) electrons. The molecule has 0 spiro atoms. The molecule has 3 aromatic heterocycles. The first-order chi connectivity index (χ1) is 28.3. The maximum absolute atomic E-state index is 5.34. The number of benzene rings is 8. The highest BCUT2D eigenvalue weighted by atomic mass is 28.3. The van der Waals surface area contributed by atoms with Gasteiger partial charge in [-0.3, -0.25) is 4.57 Å². The lowest BCUT2D eigenvalue weighted by Gasteiger charge is -2.34. The molecular formula is C52H36N4Si. The molecule has 0 atom stereocenters. The minimum Gasteiger partial charge on any atom is -0.309 e. The molecule has 0 aliphatic rings. The van der Waals surface area contributed by atoms with Crippen LogP contribution in [-0.4, -0.2) is 27.2 Å². The van der Waals surface area contributed by atoms with Gasteiger partial charge in [0.05, 0.1) is 27.8 Å². The van der Waals surface area contributed by atoms with Crippen molar-refractivity contribution in [3.8, 4) is 22.9 Å². The highest BCUT2D eigenvalue weighted by Gasteiger charge is 2.41. The summed E-state index contributed by atoms with van der Waals surface area (Å²) in [5.41, 5.74) is 7.59. The van der Waals surface area contributed by atoms with E-state index in [2.05, 4.69) is 215 Å². The van der Waals surface area contributed by atoms with Crippen LogP contribution in [0.3, 0.4) is 0 Å². The Morgan fingerprint density at radius 1 is 0.351 bits per heavy atom. The molecule has 0 fully saturated rings. The molecule has 0 saturated carbocycles.